The molecule has 0 rings (SSSR count). The van der Waals surface area contributed by atoms with Crippen molar-refractivity contribution in [3.05, 3.63) is 48.6 Å². The molecule has 1 unspecified atom stereocenters. The summed E-state index contributed by atoms with van der Waals surface area (Å²) in [4.78, 5) is 38.1. The molecule has 0 radical (unpaired) electrons. The summed E-state index contributed by atoms with van der Waals surface area (Å²) in [5.41, 5.74) is 0. The molecule has 0 fully saturated rings. The van der Waals surface area contributed by atoms with E-state index in [2.05, 4.69) is 69.4 Å². The maximum Gasteiger partial charge on any atom is 0.306 e. The summed E-state index contributed by atoms with van der Waals surface area (Å²) in [6.45, 7) is 6.63. The maximum atomic E-state index is 12.9. The van der Waals surface area contributed by atoms with Crippen LogP contribution in [0.3, 0.4) is 0 Å². The van der Waals surface area contributed by atoms with Crippen molar-refractivity contribution in [3.63, 3.8) is 0 Å². The van der Waals surface area contributed by atoms with Gasteiger partial charge in [0.25, 0.3) is 0 Å². The van der Waals surface area contributed by atoms with Crippen molar-refractivity contribution in [2.75, 3.05) is 13.2 Å². The molecule has 6 heteroatoms. The molecule has 0 aromatic heterocycles. The van der Waals surface area contributed by atoms with E-state index in [1.54, 1.807) is 0 Å². The Hall–Kier alpha value is -2.63. The minimum Gasteiger partial charge on any atom is -0.462 e. The molecule has 0 aliphatic carbocycles. The monoisotopic (exact) mass is 1010 g/mol. The van der Waals surface area contributed by atoms with Crippen LogP contribution in [0.1, 0.15) is 335 Å². The highest BCUT2D eigenvalue weighted by Crippen LogP contribution is 2.17. The highest BCUT2D eigenvalue weighted by atomic mass is 16.6. The van der Waals surface area contributed by atoms with Crippen LogP contribution in [-0.2, 0) is 28.6 Å². The summed E-state index contributed by atoms with van der Waals surface area (Å²) in [5, 5.41) is 0. The number of hydrogen-bond donors (Lipinski definition) is 0. The van der Waals surface area contributed by atoms with Gasteiger partial charge in [0, 0.05) is 19.3 Å². The van der Waals surface area contributed by atoms with Crippen LogP contribution in [0.15, 0.2) is 48.6 Å². The fourth-order valence-electron chi connectivity index (χ4n) is 9.27. The van der Waals surface area contributed by atoms with Gasteiger partial charge in [-0.25, -0.2) is 0 Å². The van der Waals surface area contributed by atoms with Gasteiger partial charge in [0.1, 0.15) is 13.2 Å². The van der Waals surface area contributed by atoms with Gasteiger partial charge in [-0.1, -0.05) is 281 Å². The van der Waals surface area contributed by atoms with Crippen molar-refractivity contribution in [3.8, 4) is 0 Å². The van der Waals surface area contributed by atoms with Gasteiger partial charge in [0.2, 0.25) is 0 Å². The van der Waals surface area contributed by atoms with Gasteiger partial charge in [0.05, 0.1) is 0 Å². The Balaban J connectivity index is 4.17. The quantitative estimate of drug-likeness (QED) is 0.0261. The Bertz CT molecular complexity index is 1250. The zero-order valence-electron chi connectivity index (χ0n) is 48.2. The summed E-state index contributed by atoms with van der Waals surface area (Å²) < 4.78 is 16.9. The molecular weight excluding hydrogens is 889 g/mol. The van der Waals surface area contributed by atoms with E-state index < -0.39 is 6.10 Å². The SMILES string of the molecule is CCCCCCC/C=C\C/C=C\C/C=C\CCCCCCCCC(=O)OC(COC(=O)CCCCCCCCCC)COC(=O)CCCCCCCCCCCCCCC/C=C\CCCCCCCCCC. The van der Waals surface area contributed by atoms with Crippen LogP contribution < -0.4 is 0 Å². The molecular formula is C66H120O6. The molecule has 0 aromatic carbocycles. The van der Waals surface area contributed by atoms with Gasteiger partial charge in [-0.3, -0.25) is 14.4 Å². The molecule has 72 heavy (non-hydrogen) atoms. The molecule has 420 valence electrons. The summed E-state index contributed by atoms with van der Waals surface area (Å²) in [5.74, 6) is -0.876. The summed E-state index contributed by atoms with van der Waals surface area (Å²) in [7, 11) is 0. The largest absolute Gasteiger partial charge is 0.462 e. The van der Waals surface area contributed by atoms with Crippen molar-refractivity contribution < 1.29 is 28.6 Å². The van der Waals surface area contributed by atoms with E-state index in [9.17, 15) is 14.4 Å². The Kier molecular flexibility index (Phi) is 58.7. The van der Waals surface area contributed by atoms with Crippen molar-refractivity contribution in [2.45, 2.75) is 341 Å². The van der Waals surface area contributed by atoms with Crippen LogP contribution in [-0.4, -0.2) is 37.2 Å². The second-order valence-corrected chi connectivity index (χ2v) is 21.3. The smallest absolute Gasteiger partial charge is 0.306 e. The minimum absolute atomic E-state index is 0.0756. The minimum atomic E-state index is -0.777. The predicted molar refractivity (Wildman–Crippen MR) is 312 cm³/mol. The second kappa shape index (κ2) is 60.9. The number of rotatable bonds is 58. The zero-order valence-corrected chi connectivity index (χ0v) is 48.2. The third-order valence-corrected chi connectivity index (χ3v) is 14.1. The first-order valence-electron chi connectivity index (χ1n) is 31.6. The topological polar surface area (TPSA) is 78.9 Å². The number of unbranched alkanes of at least 4 members (excludes halogenated alkanes) is 39. The zero-order chi connectivity index (χ0) is 52.2. The Morgan fingerprint density at radius 3 is 0.792 bits per heavy atom. The molecule has 6 nitrogen and oxygen atoms in total. The van der Waals surface area contributed by atoms with E-state index in [-0.39, 0.29) is 31.1 Å². The fraction of sp³-hybridized carbons (Fsp3) is 0.833. The number of carbonyl (C=O) groups is 3. The van der Waals surface area contributed by atoms with Crippen molar-refractivity contribution in [1.82, 2.24) is 0 Å². The average Bonchev–Trinajstić information content (AvgIpc) is 3.38. The van der Waals surface area contributed by atoms with Crippen molar-refractivity contribution in [2.24, 2.45) is 0 Å². The second-order valence-electron chi connectivity index (χ2n) is 21.3. The molecule has 0 saturated heterocycles. The van der Waals surface area contributed by atoms with Crippen LogP contribution in [0.4, 0.5) is 0 Å². The first-order chi connectivity index (χ1) is 35.5. The molecule has 0 aliphatic rings. The molecule has 0 spiro atoms. The van der Waals surface area contributed by atoms with E-state index >= 15 is 0 Å². The highest BCUT2D eigenvalue weighted by molar-refractivity contribution is 5.71. The lowest BCUT2D eigenvalue weighted by atomic mass is 10.0. The molecule has 0 amide bonds. The van der Waals surface area contributed by atoms with Crippen LogP contribution in [0, 0.1) is 0 Å². The van der Waals surface area contributed by atoms with Gasteiger partial charge in [-0.05, 0) is 83.5 Å². The molecule has 0 bridgehead atoms. The number of ether oxygens (including phenoxy) is 3. The van der Waals surface area contributed by atoms with E-state index in [0.29, 0.717) is 19.3 Å². The molecule has 0 saturated carbocycles. The van der Waals surface area contributed by atoms with Crippen LogP contribution >= 0.6 is 0 Å². The Morgan fingerprint density at radius 2 is 0.500 bits per heavy atom. The standard InChI is InChI=1S/C66H120O6/c1-4-7-10-13-16-19-21-23-25-27-29-31-32-33-34-36-37-39-41-43-45-47-50-53-56-59-65(68)71-62-63(61-70-64(67)58-55-52-49-18-15-12-9-6-3)72-66(69)60-57-54-51-48-46-44-42-40-38-35-30-28-26-24-22-20-17-14-11-8-5-2/h22,24,27-30,38,40,63H,4-21,23,25-26,31-37,39,41-62H2,1-3H3/b24-22-,29-27-,30-28-,40-38-. The normalized spacial score (nSPS) is 12.3. The number of allylic oxidation sites excluding steroid dienone is 8. The molecule has 0 aliphatic heterocycles. The van der Waals surface area contributed by atoms with Gasteiger partial charge >= 0.3 is 17.9 Å². The highest BCUT2D eigenvalue weighted by Gasteiger charge is 2.19. The molecule has 0 N–H and O–H groups in total. The third-order valence-electron chi connectivity index (χ3n) is 14.1. The summed E-state index contributed by atoms with van der Waals surface area (Å²) >= 11 is 0. The fourth-order valence-corrected chi connectivity index (χ4v) is 9.27. The number of carbonyl (C=O) groups excluding carboxylic acids is 3. The molecule has 0 heterocycles. The van der Waals surface area contributed by atoms with Crippen LogP contribution in [0.2, 0.25) is 0 Å². The number of hydrogen-bond acceptors (Lipinski definition) is 6. The van der Waals surface area contributed by atoms with Gasteiger partial charge in [0.15, 0.2) is 6.10 Å². The van der Waals surface area contributed by atoms with Crippen molar-refractivity contribution in [1.29, 1.82) is 0 Å². The van der Waals surface area contributed by atoms with Crippen molar-refractivity contribution >= 4 is 17.9 Å². The van der Waals surface area contributed by atoms with E-state index in [1.807, 2.05) is 0 Å². The van der Waals surface area contributed by atoms with E-state index in [0.717, 1.165) is 77.0 Å². The van der Waals surface area contributed by atoms with Crippen LogP contribution in [0.5, 0.6) is 0 Å². The molecule has 1 atom stereocenters. The lowest BCUT2D eigenvalue weighted by molar-refractivity contribution is -0.167. The van der Waals surface area contributed by atoms with Gasteiger partial charge in [-0.2, -0.15) is 0 Å². The van der Waals surface area contributed by atoms with E-state index in [4.69, 9.17) is 14.2 Å². The summed E-state index contributed by atoms with van der Waals surface area (Å²) in [6, 6.07) is 0. The average molecular weight is 1010 g/mol. The Morgan fingerprint density at radius 1 is 0.278 bits per heavy atom. The first-order valence-corrected chi connectivity index (χ1v) is 31.6. The lowest BCUT2D eigenvalue weighted by Gasteiger charge is -2.18. The Labute approximate surface area is 448 Å². The van der Waals surface area contributed by atoms with Gasteiger partial charge < -0.3 is 14.2 Å². The lowest BCUT2D eigenvalue weighted by Crippen LogP contribution is -2.30. The predicted octanol–water partition coefficient (Wildman–Crippen LogP) is 21.4. The summed E-state index contributed by atoms with van der Waals surface area (Å²) in [6.07, 6.45) is 75.6. The van der Waals surface area contributed by atoms with E-state index in [1.165, 1.54) is 218 Å². The maximum absolute atomic E-state index is 12.9. The van der Waals surface area contributed by atoms with Crippen LogP contribution in [0.25, 0.3) is 0 Å². The van der Waals surface area contributed by atoms with Gasteiger partial charge in [-0.15, -0.1) is 0 Å². The molecule has 0 aromatic rings. The first kappa shape index (κ1) is 69.4. The third kappa shape index (κ3) is 58.3. The number of esters is 3.